The molecule has 2 atom stereocenters. The molecule has 0 amide bonds. The summed E-state index contributed by atoms with van der Waals surface area (Å²) in [6.07, 6.45) is 0.939. The minimum absolute atomic E-state index is 0.412. The third-order valence-corrected chi connectivity index (χ3v) is 3.83. The van der Waals surface area contributed by atoms with Gasteiger partial charge in [-0.3, -0.25) is 0 Å². The van der Waals surface area contributed by atoms with Gasteiger partial charge in [-0.15, -0.1) is 5.92 Å². The van der Waals surface area contributed by atoms with Crippen molar-refractivity contribution >= 4 is 15.9 Å². The van der Waals surface area contributed by atoms with Gasteiger partial charge in [0.25, 0.3) is 0 Å². The van der Waals surface area contributed by atoms with Gasteiger partial charge in [-0.2, -0.15) is 0 Å². The fourth-order valence-corrected chi connectivity index (χ4v) is 1.97. The second-order valence-corrected chi connectivity index (χ2v) is 5.11. The average molecular weight is 279 g/mol. The van der Waals surface area contributed by atoms with Gasteiger partial charge in [-0.05, 0) is 30.0 Å². The van der Waals surface area contributed by atoms with E-state index in [4.69, 9.17) is 0 Å². The van der Waals surface area contributed by atoms with E-state index in [1.807, 2.05) is 0 Å². The molecule has 0 radical (unpaired) electrons. The zero-order chi connectivity index (χ0) is 12.1. The maximum absolute atomic E-state index is 3.58. The van der Waals surface area contributed by atoms with Crippen LogP contribution in [0.1, 0.15) is 44.2 Å². The van der Waals surface area contributed by atoms with Crippen LogP contribution in [0.3, 0.4) is 0 Å². The largest absolute Gasteiger partial charge is 0.103 e. The Labute approximate surface area is 108 Å². The van der Waals surface area contributed by atoms with Crippen molar-refractivity contribution in [2.75, 3.05) is 0 Å². The third-order valence-electron chi connectivity index (χ3n) is 2.98. The number of hydrogen-bond donors (Lipinski definition) is 0. The minimum atomic E-state index is 0.412. The van der Waals surface area contributed by atoms with Crippen LogP contribution >= 0.6 is 15.9 Å². The van der Waals surface area contributed by atoms with E-state index in [2.05, 4.69) is 73.7 Å². The molecule has 0 aliphatic heterocycles. The molecule has 0 aromatic heterocycles. The summed E-state index contributed by atoms with van der Waals surface area (Å²) >= 11 is 3.58. The van der Waals surface area contributed by atoms with Crippen molar-refractivity contribution in [3.63, 3.8) is 0 Å². The highest BCUT2D eigenvalue weighted by Gasteiger charge is 2.12. The zero-order valence-electron chi connectivity index (χ0n) is 10.5. The fraction of sp³-hybridized carbons (Fsp3) is 0.467. The number of aryl methyl sites for hydroxylation is 1. The van der Waals surface area contributed by atoms with Crippen LogP contribution in [0.5, 0.6) is 0 Å². The maximum Gasteiger partial charge on any atom is 0.0240 e. The molecule has 1 heteroatoms. The van der Waals surface area contributed by atoms with Crippen LogP contribution < -0.4 is 0 Å². The molecule has 2 unspecified atom stereocenters. The molecular formula is C15H19Br. The lowest BCUT2D eigenvalue weighted by Crippen LogP contribution is -2.04. The lowest BCUT2D eigenvalue weighted by Gasteiger charge is -2.16. The molecule has 1 aromatic carbocycles. The van der Waals surface area contributed by atoms with E-state index < -0.39 is 0 Å². The first-order valence-corrected chi connectivity index (χ1v) is 6.60. The van der Waals surface area contributed by atoms with Crippen molar-refractivity contribution < 1.29 is 0 Å². The van der Waals surface area contributed by atoms with Gasteiger partial charge in [0.15, 0.2) is 0 Å². The van der Waals surface area contributed by atoms with Crippen LogP contribution in [-0.4, -0.2) is 0 Å². The fourth-order valence-electron chi connectivity index (χ4n) is 1.57. The zero-order valence-corrected chi connectivity index (χ0v) is 12.1. The summed E-state index contributed by atoms with van der Waals surface area (Å²) in [5, 5.41) is 0. The lowest BCUT2D eigenvalue weighted by molar-refractivity contribution is 0.609. The van der Waals surface area contributed by atoms with Crippen molar-refractivity contribution in [3.05, 3.63) is 33.8 Å². The average Bonchev–Trinajstić information content (AvgIpc) is 2.28. The molecule has 0 spiro atoms. The first-order valence-electron chi connectivity index (χ1n) is 5.80. The Hall–Kier alpha value is -0.740. The van der Waals surface area contributed by atoms with Gasteiger partial charge in [-0.1, -0.05) is 54.8 Å². The van der Waals surface area contributed by atoms with Gasteiger partial charge in [0, 0.05) is 16.8 Å². The van der Waals surface area contributed by atoms with Gasteiger partial charge < -0.3 is 0 Å². The van der Waals surface area contributed by atoms with E-state index in [1.165, 1.54) is 15.6 Å². The third kappa shape index (κ3) is 3.39. The van der Waals surface area contributed by atoms with Crippen molar-refractivity contribution in [2.24, 2.45) is 5.92 Å². The predicted octanol–water partition coefficient (Wildman–Crippen LogP) is 4.91. The number of hydrogen-bond acceptors (Lipinski definition) is 0. The van der Waals surface area contributed by atoms with Crippen molar-refractivity contribution in [1.82, 2.24) is 0 Å². The number of benzene rings is 1. The molecule has 1 rings (SSSR count). The number of rotatable bonds is 2. The minimum Gasteiger partial charge on any atom is -0.103 e. The molecule has 16 heavy (non-hydrogen) atoms. The second kappa shape index (κ2) is 6.11. The molecule has 0 heterocycles. The van der Waals surface area contributed by atoms with Crippen LogP contribution in [0.25, 0.3) is 0 Å². The monoisotopic (exact) mass is 278 g/mol. The molecule has 0 N–H and O–H groups in total. The Morgan fingerprint density at radius 3 is 2.56 bits per heavy atom. The molecule has 1 aromatic rings. The predicted molar refractivity (Wildman–Crippen MR) is 74.5 cm³/mol. The lowest BCUT2D eigenvalue weighted by atomic mass is 9.89. The summed E-state index contributed by atoms with van der Waals surface area (Å²) < 4.78 is 1.19. The molecular weight excluding hydrogens is 260 g/mol. The maximum atomic E-state index is 3.58. The summed E-state index contributed by atoms with van der Waals surface area (Å²) in [7, 11) is 0. The molecule has 0 bridgehead atoms. The normalized spacial score (nSPS) is 13.8. The van der Waals surface area contributed by atoms with Gasteiger partial charge in [0.2, 0.25) is 0 Å². The summed E-state index contributed by atoms with van der Waals surface area (Å²) in [6, 6.07) is 6.58. The summed E-state index contributed by atoms with van der Waals surface area (Å²) in [4.78, 5) is 0. The highest BCUT2D eigenvalue weighted by atomic mass is 79.9. The van der Waals surface area contributed by atoms with Gasteiger partial charge in [0.05, 0.1) is 0 Å². The van der Waals surface area contributed by atoms with Gasteiger partial charge in [0.1, 0.15) is 0 Å². The Bertz CT molecular complexity index is 409. The van der Waals surface area contributed by atoms with Crippen molar-refractivity contribution in [3.8, 4) is 11.8 Å². The topological polar surface area (TPSA) is 0 Å². The highest BCUT2D eigenvalue weighted by Crippen LogP contribution is 2.27. The van der Waals surface area contributed by atoms with Crippen LogP contribution in [0, 0.1) is 24.7 Å². The molecule has 0 fully saturated rings. The van der Waals surface area contributed by atoms with E-state index in [0.717, 1.165) is 6.42 Å². The van der Waals surface area contributed by atoms with E-state index >= 15 is 0 Å². The van der Waals surface area contributed by atoms with E-state index in [9.17, 15) is 0 Å². The SMILES string of the molecule is CCC#CC(C)C(C)c1ccc(C)c(Br)c1. The highest BCUT2D eigenvalue weighted by molar-refractivity contribution is 9.10. The van der Waals surface area contributed by atoms with Gasteiger partial charge >= 0.3 is 0 Å². The van der Waals surface area contributed by atoms with Crippen molar-refractivity contribution in [2.45, 2.75) is 40.0 Å². The number of halogens is 1. The van der Waals surface area contributed by atoms with Crippen LogP contribution in [-0.2, 0) is 0 Å². The molecule has 86 valence electrons. The summed E-state index contributed by atoms with van der Waals surface area (Å²) in [6.45, 7) is 8.64. The summed E-state index contributed by atoms with van der Waals surface area (Å²) in [5.41, 5.74) is 2.64. The first kappa shape index (κ1) is 13.3. The quantitative estimate of drug-likeness (QED) is 0.675. The molecule has 0 aliphatic carbocycles. The molecule has 0 aliphatic rings. The Balaban J connectivity index is 2.87. The Kier molecular flexibility index (Phi) is 5.09. The summed E-state index contributed by atoms with van der Waals surface area (Å²) in [5.74, 6) is 7.36. The van der Waals surface area contributed by atoms with E-state index in [-0.39, 0.29) is 0 Å². The van der Waals surface area contributed by atoms with Crippen LogP contribution in [0.4, 0.5) is 0 Å². The smallest absolute Gasteiger partial charge is 0.0240 e. The van der Waals surface area contributed by atoms with Gasteiger partial charge in [-0.25, -0.2) is 0 Å². The second-order valence-electron chi connectivity index (χ2n) is 4.26. The van der Waals surface area contributed by atoms with E-state index in [0.29, 0.717) is 11.8 Å². The Morgan fingerprint density at radius 1 is 1.31 bits per heavy atom. The molecule has 0 saturated carbocycles. The van der Waals surface area contributed by atoms with Crippen LogP contribution in [0.2, 0.25) is 0 Å². The van der Waals surface area contributed by atoms with Crippen molar-refractivity contribution in [1.29, 1.82) is 0 Å². The van der Waals surface area contributed by atoms with Crippen LogP contribution in [0.15, 0.2) is 22.7 Å². The molecule has 0 nitrogen and oxygen atoms in total. The van der Waals surface area contributed by atoms with E-state index in [1.54, 1.807) is 0 Å². The molecule has 0 saturated heterocycles. The standard InChI is InChI=1S/C15H19Br/c1-5-6-7-11(2)13(4)14-9-8-12(3)15(16)10-14/h8-11,13H,5H2,1-4H3. The Morgan fingerprint density at radius 2 is 2.00 bits per heavy atom. The first-order chi connectivity index (χ1) is 7.56.